The number of hydrogen-bond acceptors (Lipinski definition) is 3. The molecule has 0 unspecified atom stereocenters. The molecule has 0 fully saturated rings. The molecular formula is C18H21ClN2O3S. The van der Waals surface area contributed by atoms with E-state index in [4.69, 9.17) is 11.6 Å². The Morgan fingerprint density at radius 3 is 2.32 bits per heavy atom. The van der Waals surface area contributed by atoms with Crippen molar-refractivity contribution in [3.8, 4) is 0 Å². The monoisotopic (exact) mass is 380 g/mol. The van der Waals surface area contributed by atoms with Gasteiger partial charge in [0, 0.05) is 30.7 Å². The van der Waals surface area contributed by atoms with Crippen LogP contribution >= 0.6 is 11.6 Å². The molecule has 2 aromatic carbocycles. The van der Waals surface area contributed by atoms with E-state index < -0.39 is 10.0 Å². The smallest absolute Gasteiger partial charge is 0.243 e. The van der Waals surface area contributed by atoms with Crippen molar-refractivity contribution in [2.24, 2.45) is 0 Å². The molecule has 0 radical (unpaired) electrons. The van der Waals surface area contributed by atoms with Crippen LogP contribution in [0, 0.1) is 6.92 Å². The van der Waals surface area contributed by atoms with Gasteiger partial charge in [-0.1, -0.05) is 29.8 Å². The van der Waals surface area contributed by atoms with Gasteiger partial charge in [0.25, 0.3) is 0 Å². The molecule has 0 heterocycles. The number of nitrogens with zero attached hydrogens (tertiary/aromatic N) is 1. The van der Waals surface area contributed by atoms with E-state index in [1.807, 2.05) is 6.92 Å². The van der Waals surface area contributed by atoms with Crippen LogP contribution in [0.5, 0.6) is 0 Å². The third-order valence-electron chi connectivity index (χ3n) is 4.06. The summed E-state index contributed by atoms with van der Waals surface area (Å²) < 4.78 is 27.4. The fraction of sp³-hybridized carbons (Fsp3) is 0.278. The van der Waals surface area contributed by atoms with Gasteiger partial charge in [-0.05, 0) is 49.2 Å². The second-order valence-electron chi connectivity index (χ2n) is 5.91. The molecule has 25 heavy (non-hydrogen) atoms. The highest BCUT2D eigenvalue weighted by Crippen LogP contribution is 2.29. The highest BCUT2D eigenvalue weighted by atomic mass is 35.5. The fourth-order valence-corrected chi connectivity index (χ4v) is 4.20. The van der Waals surface area contributed by atoms with E-state index in [0.29, 0.717) is 16.3 Å². The van der Waals surface area contributed by atoms with Crippen LogP contribution in [-0.4, -0.2) is 25.7 Å². The van der Waals surface area contributed by atoms with E-state index in [0.717, 1.165) is 5.56 Å². The highest BCUT2D eigenvalue weighted by molar-refractivity contribution is 7.89. The van der Waals surface area contributed by atoms with E-state index in [1.54, 1.807) is 50.4 Å². The maximum absolute atomic E-state index is 13.1. The Hall–Kier alpha value is -1.89. The number of carbonyl (C=O) groups is 1. The van der Waals surface area contributed by atoms with E-state index in [1.165, 1.54) is 17.3 Å². The van der Waals surface area contributed by atoms with E-state index >= 15 is 0 Å². The zero-order valence-corrected chi connectivity index (χ0v) is 16.1. The molecule has 5 nitrogen and oxygen atoms in total. The number of halogens is 1. The Labute approximate surface area is 153 Å². The van der Waals surface area contributed by atoms with Crippen molar-refractivity contribution < 1.29 is 13.2 Å². The van der Waals surface area contributed by atoms with Crippen molar-refractivity contribution >= 4 is 33.2 Å². The van der Waals surface area contributed by atoms with Crippen LogP contribution in [0.3, 0.4) is 0 Å². The van der Waals surface area contributed by atoms with Crippen LogP contribution < -0.4 is 5.32 Å². The van der Waals surface area contributed by atoms with E-state index in [-0.39, 0.29) is 16.8 Å². The second kappa shape index (κ2) is 7.56. The zero-order chi connectivity index (χ0) is 18.8. The third kappa shape index (κ3) is 4.39. The lowest BCUT2D eigenvalue weighted by molar-refractivity contribution is -0.114. The lowest BCUT2D eigenvalue weighted by atomic mass is 10.1. The van der Waals surface area contributed by atoms with Crippen molar-refractivity contribution in [2.45, 2.75) is 31.7 Å². The minimum Gasteiger partial charge on any atom is -0.326 e. The van der Waals surface area contributed by atoms with E-state index in [2.05, 4.69) is 5.32 Å². The number of rotatable bonds is 5. The van der Waals surface area contributed by atoms with Crippen LogP contribution in [0.25, 0.3) is 0 Å². The van der Waals surface area contributed by atoms with Crippen molar-refractivity contribution in [1.29, 1.82) is 0 Å². The van der Waals surface area contributed by atoms with Crippen LogP contribution in [0.1, 0.15) is 31.0 Å². The summed E-state index contributed by atoms with van der Waals surface area (Å²) in [6.07, 6.45) is 0. The van der Waals surface area contributed by atoms with E-state index in [9.17, 15) is 13.2 Å². The third-order valence-corrected chi connectivity index (χ3v) is 6.39. The van der Waals surface area contributed by atoms with Crippen molar-refractivity contribution in [3.05, 3.63) is 58.6 Å². The summed E-state index contributed by atoms with van der Waals surface area (Å²) in [5.74, 6) is -0.255. The molecule has 1 N–H and O–H groups in total. The SMILES string of the molecule is CC(=O)Nc1ccc(C)c(S(=O)(=O)N(C)[C@H](C)c2ccc(Cl)cc2)c1. The van der Waals surface area contributed by atoms with Gasteiger partial charge < -0.3 is 5.32 Å². The summed E-state index contributed by atoms with van der Waals surface area (Å²) in [5, 5.41) is 3.21. The lowest BCUT2D eigenvalue weighted by Crippen LogP contribution is -2.30. The second-order valence-corrected chi connectivity index (χ2v) is 8.31. The van der Waals surface area contributed by atoms with Crippen LogP contribution in [0.4, 0.5) is 5.69 Å². The standard InChI is InChI=1S/C18H21ClN2O3S/c1-12-5-10-17(20-14(3)22)11-18(12)25(23,24)21(4)13(2)15-6-8-16(19)9-7-15/h5-11,13H,1-4H3,(H,20,22)/t13-/m1/s1. The van der Waals surface area contributed by atoms with Gasteiger partial charge in [-0.25, -0.2) is 8.42 Å². The summed E-state index contributed by atoms with van der Waals surface area (Å²) >= 11 is 5.90. The lowest BCUT2D eigenvalue weighted by Gasteiger charge is -2.25. The largest absolute Gasteiger partial charge is 0.326 e. The first kappa shape index (κ1) is 19.4. The molecule has 1 amide bonds. The van der Waals surface area contributed by atoms with Crippen molar-refractivity contribution in [2.75, 3.05) is 12.4 Å². The molecule has 0 aromatic heterocycles. The Kier molecular flexibility index (Phi) is 5.87. The summed E-state index contributed by atoms with van der Waals surface area (Å²) in [6, 6.07) is 11.5. The highest BCUT2D eigenvalue weighted by Gasteiger charge is 2.28. The number of benzene rings is 2. The maximum Gasteiger partial charge on any atom is 0.243 e. The van der Waals surface area contributed by atoms with Gasteiger partial charge in [0.1, 0.15) is 0 Å². The first-order valence-electron chi connectivity index (χ1n) is 7.74. The molecule has 0 aliphatic heterocycles. The molecule has 0 aliphatic carbocycles. The molecule has 0 spiro atoms. The molecule has 2 rings (SSSR count). The Balaban J connectivity index is 2.39. The number of aryl methyl sites for hydroxylation is 1. The predicted molar refractivity (Wildman–Crippen MR) is 100 cm³/mol. The number of amides is 1. The molecule has 0 saturated carbocycles. The van der Waals surface area contributed by atoms with Crippen molar-refractivity contribution in [3.63, 3.8) is 0 Å². The van der Waals surface area contributed by atoms with Gasteiger partial charge >= 0.3 is 0 Å². The van der Waals surface area contributed by atoms with Gasteiger partial charge in [0.2, 0.25) is 15.9 Å². The molecule has 0 saturated heterocycles. The van der Waals surface area contributed by atoms with Gasteiger partial charge in [-0.2, -0.15) is 4.31 Å². The summed E-state index contributed by atoms with van der Waals surface area (Å²) in [4.78, 5) is 11.4. The first-order valence-corrected chi connectivity index (χ1v) is 9.56. The normalized spacial score (nSPS) is 12.9. The average molecular weight is 381 g/mol. The average Bonchev–Trinajstić information content (AvgIpc) is 2.55. The maximum atomic E-state index is 13.1. The van der Waals surface area contributed by atoms with Gasteiger partial charge in [0.15, 0.2) is 0 Å². The first-order chi connectivity index (χ1) is 11.6. The van der Waals surface area contributed by atoms with Crippen molar-refractivity contribution in [1.82, 2.24) is 4.31 Å². The Morgan fingerprint density at radius 2 is 1.76 bits per heavy atom. The summed E-state index contributed by atoms with van der Waals surface area (Å²) in [5.41, 5.74) is 1.90. The fourth-order valence-electron chi connectivity index (χ4n) is 2.47. The minimum absolute atomic E-state index is 0.169. The molecule has 2 aromatic rings. The number of hydrogen-bond donors (Lipinski definition) is 1. The predicted octanol–water partition coefficient (Wildman–Crippen LogP) is 3.99. The molecule has 134 valence electrons. The molecule has 0 aliphatic rings. The summed E-state index contributed by atoms with van der Waals surface area (Å²) in [6.45, 7) is 4.92. The minimum atomic E-state index is -3.74. The molecule has 7 heteroatoms. The van der Waals surface area contributed by atoms with Crippen LogP contribution in [-0.2, 0) is 14.8 Å². The topological polar surface area (TPSA) is 66.5 Å². The van der Waals surface area contributed by atoms with Crippen LogP contribution in [0.2, 0.25) is 5.02 Å². The van der Waals surface area contributed by atoms with Crippen LogP contribution in [0.15, 0.2) is 47.4 Å². The Bertz CT molecular complexity index is 880. The molecule has 1 atom stereocenters. The molecule has 0 bridgehead atoms. The number of sulfonamides is 1. The van der Waals surface area contributed by atoms with Gasteiger partial charge in [-0.15, -0.1) is 0 Å². The quantitative estimate of drug-likeness (QED) is 0.852. The van der Waals surface area contributed by atoms with Gasteiger partial charge in [-0.3, -0.25) is 4.79 Å². The molecular weight excluding hydrogens is 360 g/mol. The zero-order valence-electron chi connectivity index (χ0n) is 14.6. The number of carbonyl (C=O) groups excluding carboxylic acids is 1. The van der Waals surface area contributed by atoms with Gasteiger partial charge in [0.05, 0.1) is 4.90 Å². The number of anilines is 1. The Morgan fingerprint density at radius 1 is 1.16 bits per heavy atom. The summed E-state index contributed by atoms with van der Waals surface area (Å²) in [7, 11) is -2.20. The number of nitrogens with one attached hydrogen (secondary N) is 1.